The summed E-state index contributed by atoms with van der Waals surface area (Å²) in [5.74, 6) is 1.41. The van der Waals surface area contributed by atoms with Gasteiger partial charge in [0.05, 0.1) is 5.69 Å². The monoisotopic (exact) mass is 298 g/mol. The van der Waals surface area contributed by atoms with Crippen molar-refractivity contribution in [2.45, 2.75) is 32.2 Å². The molecule has 0 aliphatic carbocycles. The number of guanidine groups is 1. The average Bonchev–Trinajstić information content (AvgIpc) is 2.86. The molecule has 0 radical (unpaired) electrons. The molecule has 1 fully saturated rings. The van der Waals surface area contributed by atoms with Crippen LogP contribution in [-0.2, 0) is 6.54 Å². The molecule has 0 bridgehead atoms. The van der Waals surface area contributed by atoms with Crippen LogP contribution in [0.5, 0.6) is 0 Å². The Balaban J connectivity index is 1.71. The van der Waals surface area contributed by atoms with E-state index >= 15 is 0 Å². The molecule has 0 spiro atoms. The van der Waals surface area contributed by atoms with E-state index in [4.69, 9.17) is 5.73 Å². The minimum atomic E-state index is 0.442. The molecule has 1 aliphatic rings. The molecule has 0 saturated carbocycles. The van der Waals surface area contributed by atoms with Crippen LogP contribution in [-0.4, -0.2) is 38.7 Å². The lowest BCUT2D eigenvalue weighted by molar-refractivity contribution is 0.428. The number of rotatable bonds is 3. The van der Waals surface area contributed by atoms with Gasteiger partial charge in [0.1, 0.15) is 12.9 Å². The average molecular weight is 298 g/mol. The molecule has 116 valence electrons. The highest BCUT2D eigenvalue weighted by Crippen LogP contribution is 2.11. The van der Waals surface area contributed by atoms with Crippen LogP contribution in [0.25, 0.3) is 5.69 Å². The number of nitrogens with zero attached hydrogens (tertiary/aromatic N) is 5. The van der Waals surface area contributed by atoms with E-state index in [1.807, 2.05) is 30.3 Å². The zero-order valence-electron chi connectivity index (χ0n) is 12.7. The lowest BCUT2D eigenvalue weighted by Crippen LogP contribution is -2.38. The molecule has 22 heavy (non-hydrogen) atoms. The minimum absolute atomic E-state index is 0.442. The molecule has 1 saturated heterocycles. The largest absolute Gasteiger partial charge is 0.370 e. The highest BCUT2D eigenvalue weighted by atomic mass is 15.3. The molecule has 1 aromatic carbocycles. The molecule has 1 aromatic heterocycles. The molecule has 0 unspecified atom stereocenters. The summed E-state index contributed by atoms with van der Waals surface area (Å²) in [6, 6.07) is 9.95. The van der Waals surface area contributed by atoms with E-state index in [1.165, 1.54) is 25.7 Å². The first-order chi connectivity index (χ1) is 10.8. The van der Waals surface area contributed by atoms with Crippen LogP contribution in [0.2, 0.25) is 0 Å². The van der Waals surface area contributed by atoms with Crippen molar-refractivity contribution < 1.29 is 0 Å². The van der Waals surface area contributed by atoms with E-state index in [1.54, 1.807) is 11.0 Å². The second-order valence-corrected chi connectivity index (χ2v) is 5.50. The molecule has 3 rings (SSSR count). The molecule has 0 atom stereocenters. The van der Waals surface area contributed by atoms with Crippen molar-refractivity contribution in [3.05, 3.63) is 42.5 Å². The Morgan fingerprint density at radius 3 is 2.55 bits per heavy atom. The maximum Gasteiger partial charge on any atom is 0.191 e. The number of likely N-dealkylation sites (tertiary alicyclic amines) is 1. The van der Waals surface area contributed by atoms with Crippen molar-refractivity contribution in [2.24, 2.45) is 10.7 Å². The lowest BCUT2D eigenvalue weighted by atomic mass is 10.2. The van der Waals surface area contributed by atoms with Gasteiger partial charge in [-0.25, -0.2) is 14.7 Å². The second kappa shape index (κ2) is 7.06. The zero-order valence-corrected chi connectivity index (χ0v) is 12.7. The first-order valence-electron chi connectivity index (χ1n) is 7.84. The van der Waals surface area contributed by atoms with Gasteiger partial charge in [-0.15, -0.1) is 0 Å². The predicted molar refractivity (Wildman–Crippen MR) is 86.7 cm³/mol. The van der Waals surface area contributed by atoms with E-state index in [9.17, 15) is 0 Å². The highest BCUT2D eigenvalue weighted by Gasteiger charge is 2.11. The van der Waals surface area contributed by atoms with Crippen LogP contribution in [0.3, 0.4) is 0 Å². The van der Waals surface area contributed by atoms with Crippen molar-refractivity contribution in [2.75, 3.05) is 13.1 Å². The van der Waals surface area contributed by atoms with E-state index in [2.05, 4.69) is 20.0 Å². The quantitative estimate of drug-likeness (QED) is 0.694. The Kier molecular flexibility index (Phi) is 4.68. The van der Waals surface area contributed by atoms with Crippen molar-refractivity contribution in [1.29, 1.82) is 0 Å². The van der Waals surface area contributed by atoms with Crippen LogP contribution in [0, 0.1) is 0 Å². The van der Waals surface area contributed by atoms with Crippen LogP contribution in [0.1, 0.15) is 31.5 Å². The molecule has 1 aliphatic heterocycles. The number of hydrogen-bond acceptors (Lipinski definition) is 3. The van der Waals surface area contributed by atoms with Crippen LogP contribution < -0.4 is 5.73 Å². The van der Waals surface area contributed by atoms with Gasteiger partial charge in [-0.2, -0.15) is 5.10 Å². The standard InChI is InChI=1S/C16H22N6/c17-16(21-10-6-1-2-7-11-21)18-12-15-19-13-20-22(15)14-8-4-3-5-9-14/h3-5,8-9,13H,1-2,6-7,10-12H2,(H2,17,18). The van der Waals surface area contributed by atoms with Crippen molar-refractivity contribution in [3.8, 4) is 5.69 Å². The van der Waals surface area contributed by atoms with Gasteiger partial charge in [-0.05, 0) is 25.0 Å². The number of aliphatic imine (C=N–C) groups is 1. The normalized spacial score (nSPS) is 16.5. The summed E-state index contributed by atoms with van der Waals surface area (Å²) in [5, 5.41) is 4.27. The predicted octanol–water partition coefficient (Wildman–Crippen LogP) is 1.96. The minimum Gasteiger partial charge on any atom is -0.370 e. The fourth-order valence-electron chi connectivity index (χ4n) is 2.71. The molecule has 6 nitrogen and oxygen atoms in total. The number of aromatic nitrogens is 3. The summed E-state index contributed by atoms with van der Waals surface area (Å²) in [6.07, 6.45) is 6.51. The lowest BCUT2D eigenvalue weighted by Gasteiger charge is -2.21. The van der Waals surface area contributed by atoms with Crippen LogP contribution in [0.4, 0.5) is 0 Å². The first kappa shape index (κ1) is 14.6. The van der Waals surface area contributed by atoms with Gasteiger partial charge in [0, 0.05) is 13.1 Å². The summed E-state index contributed by atoms with van der Waals surface area (Å²) in [6.45, 7) is 2.44. The Hall–Kier alpha value is -2.37. The van der Waals surface area contributed by atoms with Crippen LogP contribution in [0.15, 0.2) is 41.7 Å². The fourth-order valence-corrected chi connectivity index (χ4v) is 2.71. The maximum atomic E-state index is 6.14. The number of para-hydroxylation sites is 1. The summed E-state index contributed by atoms with van der Waals surface area (Å²) >= 11 is 0. The summed E-state index contributed by atoms with van der Waals surface area (Å²) in [7, 11) is 0. The van der Waals surface area contributed by atoms with E-state index in [-0.39, 0.29) is 0 Å². The Bertz CT molecular complexity index is 611. The Morgan fingerprint density at radius 2 is 1.82 bits per heavy atom. The van der Waals surface area contributed by atoms with Gasteiger partial charge in [-0.1, -0.05) is 31.0 Å². The molecule has 0 amide bonds. The topological polar surface area (TPSA) is 72.3 Å². The van der Waals surface area contributed by atoms with Gasteiger partial charge in [0.15, 0.2) is 11.8 Å². The third-order valence-electron chi connectivity index (χ3n) is 3.93. The third kappa shape index (κ3) is 3.44. The molecular formula is C16H22N6. The van der Waals surface area contributed by atoms with Gasteiger partial charge in [-0.3, -0.25) is 0 Å². The summed E-state index contributed by atoms with van der Waals surface area (Å²) in [5.41, 5.74) is 7.13. The van der Waals surface area contributed by atoms with Gasteiger partial charge < -0.3 is 10.6 Å². The summed E-state index contributed by atoms with van der Waals surface area (Å²) < 4.78 is 1.80. The van der Waals surface area contributed by atoms with E-state index in [0.29, 0.717) is 12.5 Å². The Labute approximate surface area is 130 Å². The second-order valence-electron chi connectivity index (χ2n) is 5.50. The number of benzene rings is 1. The third-order valence-corrected chi connectivity index (χ3v) is 3.93. The molecular weight excluding hydrogens is 276 g/mol. The molecule has 2 heterocycles. The van der Waals surface area contributed by atoms with E-state index < -0.39 is 0 Å². The van der Waals surface area contributed by atoms with Crippen LogP contribution >= 0.6 is 0 Å². The van der Waals surface area contributed by atoms with Crippen molar-refractivity contribution in [1.82, 2.24) is 19.7 Å². The molecule has 2 N–H and O–H groups in total. The van der Waals surface area contributed by atoms with Gasteiger partial charge >= 0.3 is 0 Å². The smallest absolute Gasteiger partial charge is 0.191 e. The zero-order chi connectivity index (χ0) is 15.2. The van der Waals surface area contributed by atoms with Crippen molar-refractivity contribution >= 4 is 5.96 Å². The van der Waals surface area contributed by atoms with Gasteiger partial charge in [0.25, 0.3) is 0 Å². The summed E-state index contributed by atoms with van der Waals surface area (Å²) in [4.78, 5) is 11.0. The highest BCUT2D eigenvalue weighted by molar-refractivity contribution is 5.78. The Morgan fingerprint density at radius 1 is 1.09 bits per heavy atom. The fraction of sp³-hybridized carbons (Fsp3) is 0.438. The van der Waals surface area contributed by atoms with Crippen molar-refractivity contribution in [3.63, 3.8) is 0 Å². The SMILES string of the molecule is NC(=NCc1ncnn1-c1ccccc1)N1CCCCCC1. The van der Waals surface area contributed by atoms with Gasteiger partial charge in [0.2, 0.25) is 0 Å². The number of nitrogens with two attached hydrogens (primary N) is 1. The molecule has 6 heteroatoms. The molecule has 2 aromatic rings. The van der Waals surface area contributed by atoms with E-state index in [0.717, 1.165) is 24.6 Å². The first-order valence-corrected chi connectivity index (χ1v) is 7.84. The maximum absolute atomic E-state index is 6.14. The number of hydrogen-bond donors (Lipinski definition) is 1.